The Labute approximate surface area is 150 Å². The Hall–Kier alpha value is -2.65. The number of nitrogens with one attached hydrogen (secondary N) is 1. The van der Waals surface area contributed by atoms with Crippen LogP contribution in [0.25, 0.3) is 0 Å². The molecule has 0 saturated heterocycles. The molecule has 0 aliphatic heterocycles. The molecule has 2 aromatic heterocycles. The van der Waals surface area contributed by atoms with Crippen LogP contribution in [0.15, 0.2) is 27.9 Å². The second kappa shape index (κ2) is 7.49. The normalized spacial score (nSPS) is 10.4. The molecule has 11 heteroatoms. The van der Waals surface area contributed by atoms with Gasteiger partial charge in [0.05, 0.1) is 10.6 Å². The van der Waals surface area contributed by atoms with E-state index in [-0.39, 0.29) is 21.6 Å². The maximum Gasteiger partial charge on any atom is 0.340 e. The number of nitrogens with zero attached hydrogens (tertiary/aromatic N) is 3. The number of halogens is 2. The molecule has 9 nitrogen and oxygen atoms in total. The minimum Gasteiger partial charge on any atom is -0.452 e. The number of amides is 1. The van der Waals surface area contributed by atoms with Crippen LogP contribution in [0.5, 0.6) is 0 Å². The highest BCUT2D eigenvalue weighted by Crippen LogP contribution is 2.20. The number of anilines is 1. The van der Waals surface area contributed by atoms with Crippen LogP contribution in [-0.2, 0) is 23.6 Å². The lowest BCUT2D eigenvalue weighted by atomic mass is 10.3. The summed E-state index contributed by atoms with van der Waals surface area (Å²) < 4.78 is 6.77. The molecule has 0 atom stereocenters. The number of carbonyl (C=O) groups is 2. The van der Waals surface area contributed by atoms with E-state index in [2.05, 4.69) is 10.3 Å². The molecule has 0 saturated carbocycles. The van der Waals surface area contributed by atoms with Crippen LogP contribution < -0.4 is 16.6 Å². The molecule has 0 aliphatic carbocycles. The monoisotopic (exact) mass is 386 g/mol. The van der Waals surface area contributed by atoms with Gasteiger partial charge in [-0.2, -0.15) is 0 Å². The second-order valence-corrected chi connectivity index (χ2v) is 5.65. The SMILES string of the molecule is Cn1c(NC(=O)COC(=O)c2cnc(Cl)c(Cl)c2)cc(=O)n(C)c1=O. The number of aromatic nitrogens is 3. The van der Waals surface area contributed by atoms with E-state index < -0.39 is 29.7 Å². The van der Waals surface area contributed by atoms with E-state index in [9.17, 15) is 19.2 Å². The van der Waals surface area contributed by atoms with Crippen LogP contribution in [0.1, 0.15) is 10.4 Å². The van der Waals surface area contributed by atoms with Crippen molar-refractivity contribution in [1.82, 2.24) is 14.1 Å². The summed E-state index contributed by atoms with van der Waals surface area (Å²) in [4.78, 5) is 50.7. The van der Waals surface area contributed by atoms with Gasteiger partial charge in [-0.05, 0) is 6.07 Å². The summed E-state index contributed by atoms with van der Waals surface area (Å²) in [5, 5.41) is 2.41. The highest BCUT2D eigenvalue weighted by molar-refractivity contribution is 6.41. The molecule has 0 aliphatic rings. The van der Waals surface area contributed by atoms with Crippen LogP contribution in [0.4, 0.5) is 5.82 Å². The molecular formula is C14H12Cl2N4O5. The van der Waals surface area contributed by atoms with E-state index in [0.717, 1.165) is 21.4 Å². The van der Waals surface area contributed by atoms with Crippen LogP contribution in [0, 0.1) is 0 Å². The third kappa shape index (κ3) is 4.25. The molecule has 2 rings (SSSR count). The smallest absolute Gasteiger partial charge is 0.340 e. The first-order chi connectivity index (χ1) is 11.7. The molecule has 0 fully saturated rings. The first kappa shape index (κ1) is 18.7. The number of rotatable bonds is 4. The van der Waals surface area contributed by atoms with Gasteiger partial charge in [0, 0.05) is 26.4 Å². The molecule has 0 radical (unpaired) electrons. The van der Waals surface area contributed by atoms with Gasteiger partial charge in [0.1, 0.15) is 11.0 Å². The van der Waals surface area contributed by atoms with E-state index in [4.69, 9.17) is 27.9 Å². The van der Waals surface area contributed by atoms with Crippen LogP contribution >= 0.6 is 23.2 Å². The molecule has 0 aromatic carbocycles. The van der Waals surface area contributed by atoms with Gasteiger partial charge in [0.2, 0.25) is 0 Å². The predicted molar refractivity (Wildman–Crippen MR) is 90.1 cm³/mol. The zero-order valence-corrected chi connectivity index (χ0v) is 14.6. The number of ether oxygens (including phenoxy) is 1. The van der Waals surface area contributed by atoms with Crippen molar-refractivity contribution in [3.8, 4) is 0 Å². The highest BCUT2D eigenvalue weighted by Gasteiger charge is 2.14. The number of esters is 1. The molecule has 132 valence electrons. The third-order valence-electron chi connectivity index (χ3n) is 3.16. The Bertz CT molecular complexity index is 967. The van der Waals surface area contributed by atoms with Gasteiger partial charge >= 0.3 is 11.7 Å². The summed E-state index contributed by atoms with van der Waals surface area (Å²) in [6, 6.07) is 2.33. The number of carbonyl (C=O) groups excluding carboxylic acids is 2. The molecular weight excluding hydrogens is 375 g/mol. The fourth-order valence-corrected chi connectivity index (χ4v) is 2.05. The molecule has 1 amide bonds. The minimum atomic E-state index is -0.834. The average Bonchev–Trinajstić information content (AvgIpc) is 2.58. The molecule has 2 heterocycles. The van der Waals surface area contributed by atoms with Gasteiger partial charge in [0.25, 0.3) is 11.5 Å². The quantitative estimate of drug-likeness (QED) is 0.607. The Morgan fingerprint density at radius 3 is 2.52 bits per heavy atom. The lowest BCUT2D eigenvalue weighted by Gasteiger charge is -2.11. The topological polar surface area (TPSA) is 112 Å². The zero-order valence-electron chi connectivity index (χ0n) is 13.1. The van der Waals surface area contributed by atoms with E-state index in [1.165, 1.54) is 20.2 Å². The number of hydrogen-bond donors (Lipinski definition) is 1. The minimum absolute atomic E-state index is 0.0168. The van der Waals surface area contributed by atoms with Gasteiger partial charge < -0.3 is 10.1 Å². The van der Waals surface area contributed by atoms with Gasteiger partial charge in [0.15, 0.2) is 6.61 Å². The number of pyridine rings is 1. The molecule has 1 N–H and O–H groups in total. The fourth-order valence-electron chi connectivity index (χ4n) is 1.78. The van der Waals surface area contributed by atoms with Crippen molar-refractivity contribution in [3.63, 3.8) is 0 Å². The largest absolute Gasteiger partial charge is 0.452 e. The summed E-state index contributed by atoms with van der Waals surface area (Å²) in [6.45, 7) is -0.636. The number of hydrogen-bond acceptors (Lipinski definition) is 6. The fraction of sp³-hybridized carbons (Fsp3) is 0.214. The second-order valence-electron chi connectivity index (χ2n) is 4.89. The van der Waals surface area contributed by atoms with Crippen molar-refractivity contribution in [3.05, 3.63) is 54.9 Å². The summed E-state index contributed by atoms with van der Waals surface area (Å²) >= 11 is 11.4. The van der Waals surface area contributed by atoms with Gasteiger partial charge in [-0.25, -0.2) is 14.6 Å². The predicted octanol–water partition coefficient (Wildman–Crippen LogP) is 0.581. The van der Waals surface area contributed by atoms with Gasteiger partial charge in [-0.15, -0.1) is 0 Å². The first-order valence-electron chi connectivity index (χ1n) is 6.75. The summed E-state index contributed by atoms with van der Waals surface area (Å²) in [6.07, 6.45) is 1.15. The third-order valence-corrected chi connectivity index (χ3v) is 3.85. The molecule has 0 spiro atoms. The maximum absolute atomic E-state index is 11.9. The lowest BCUT2D eigenvalue weighted by Crippen LogP contribution is -2.38. The van der Waals surface area contributed by atoms with Crippen LogP contribution in [0.3, 0.4) is 0 Å². The van der Waals surface area contributed by atoms with E-state index in [1.54, 1.807) is 0 Å². The molecule has 2 aromatic rings. The van der Waals surface area contributed by atoms with Crippen molar-refractivity contribution in [2.45, 2.75) is 0 Å². The Kier molecular flexibility index (Phi) is 5.60. The summed E-state index contributed by atoms with van der Waals surface area (Å²) in [5.74, 6) is -1.59. The summed E-state index contributed by atoms with van der Waals surface area (Å²) in [7, 11) is 2.69. The van der Waals surface area contributed by atoms with Gasteiger partial charge in [-0.1, -0.05) is 23.2 Å². The average molecular weight is 387 g/mol. The Balaban J connectivity index is 2.04. The van der Waals surface area contributed by atoms with Crippen molar-refractivity contribution >= 4 is 40.9 Å². The van der Waals surface area contributed by atoms with Crippen molar-refractivity contribution in [2.75, 3.05) is 11.9 Å². The van der Waals surface area contributed by atoms with Gasteiger partial charge in [-0.3, -0.25) is 18.7 Å². The Morgan fingerprint density at radius 1 is 1.20 bits per heavy atom. The van der Waals surface area contributed by atoms with Crippen molar-refractivity contribution in [1.29, 1.82) is 0 Å². The molecule has 0 bridgehead atoms. The summed E-state index contributed by atoms with van der Waals surface area (Å²) in [5.41, 5.74) is -1.18. The van der Waals surface area contributed by atoms with Crippen molar-refractivity contribution in [2.24, 2.45) is 14.1 Å². The van der Waals surface area contributed by atoms with Crippen LogP contribution in [0.2, 0.25) is 10.2 Å². The zero-order chi connectivity index (χ0) is 18.7. The van der Waals surface area contributed by atoms with E-state index >= 15 is 0 Å². The lowest BCUT2D eigenvalue weighted by molar-refractivity contribution is -0.119. The highest BCUT2D eigenvalue weighted by atomic mass is 35.5. The van der Waals surface area contributed by atoms with Crippen LogP contribution in [-0.4, -0.2) is 32.6 Å². The van der Waals surface area contributed by atoms with Crippen molar-refractivity contribution < 1.29 is 14.3 Å². The molecule has 25 heavy (non-hydrogen) atoms. The maximum atomic E-state index is 11.9. The van der Waals surface area contributed by atoms with E-state index in [0.29, 0.717) is 0 Å². The standard InChI is InChI=1S/C14H12Cl2N4O5/c1-19-9(4-11(22)20(2)14(19)24)18-10(21)6-25-13(23)7-3-8(15)12(16)17-5-7/h3-5H,6H2,1-2H3,(H,18,21). The van der Waals surface area contributed by atoms with E-state index in [1.807, 2.05) is 0 Å². The molecule has 0 unspecified atom stereocenters. The Morgan fingerprint density at radius 2 is 1.88 bits per heavy atom. The first-order valence-corrected chi connectivity index (χ1v) is 7.51.